The highest BCUT2D eigenvalue weighted by molar-refractivity contribution is 7.10. The van der Waals surface area contributed by atoms with Gasteiger partial charge in [0.05, 0.1) is 6.04 Å². The number of ether oxygens (including phenoxy) is 3. The van der Waals surface area contributed by atoms with Crippen LogP contribution in [0.25, 0.3) is 0 Å². The van der Waals surface area contributed by atoms with Crippen molar-refractivity contribution in [2.75, 3.05) is 19.8 Å². The molecule has 1 N–H and O–H groups in total. The van der Waals surface area contributed by atoms with Gasteiger partial charge in [-0.25, -0.2) is 9.18 Å². The van der Waals surface area contributed by atoms with Crippen LogP contribution in [0.4, 0.5) is 4.39 Å². The summed E-state index contributed by atoms with van der Waals surface area (Å²) in [6.45, 7) is 0.137. The number of halogens is 1. The second-order valence-corrected chi connectivity index (χ2v) is 6.32. The van der Waals surface area contributed by atoms with Gasteiger partial charge in [0, 0.05) is 4.88 Å². The molecule has 1 aliphatic rings. The van der Waals surface area contributed by atoms with Gasteiger partial charge >= 0.3 is 5.97 Å². The van der Waals surface area contributed by atoms with Crippen molar-refractivity contribution in [3.8, 4) is 0 Å². The van der Waals surface area contributed by atoms with Gasteiger partial charge in [-0.15, -0.1) is 11.3 Å². The minimum atomic E-state index is -0.769. The van der Waals surface area contributed by atoms with E-state index in [4.69, 9.17) is 14.2 Å². The molecule has 1 aromatic heterocycles. The van der Waals surface area contributed by atoms with Crippen molar-refractivity contribution in [1.29, 1.82) is 0 Å². The highest BCUT2D eigenvalue weighted by Crippen LogP contribution is 2.26. The minimum Gasteiger partial charge on any atom is -0.493 e. The van der Waals surface area contributed by atoms with Gasteiger partial charge in [0.15, 0.2) is 6.61 Å². The van der Waals surface area contributed by atoms with Gasteiger partial charge in [0.2, 0.25) is 5.76 Å². The predicted molar refractivity (Wildman–Crippen MR) is 91.7 cm³/mol. The molecule has 0 aliphatic carbocycles. The van der Waals surface area contributed by atoms with Crippen molar-refractivity contribution in [3.05, 3.63) is 70.1 Å². The summed E-state index contributed by atoms with van der Waals surface area (Å²) >= 11 is 1.46. The number of benzene rings is 1. The molecule has 0 radical (unpaired) electrons. The Morgan fingerprint density at radius 1 is 1.23 bits per heavy atom. The van der Waals surface area contributed by atoms with Crippen molar-refractivity contribution >= 4 is 23.2 Å². The third kappa shape index (κ3) is 4.60. The Kier molecular flexibility index (Phi) is 5.85. The van der Waals surface area contributed by atoms with E-state index in [2.05, 4.69) is 5.32 Å². The van der Waals surface area contributed by atoms with E-state index in [1.807, 2.05) is 17.5 Å². The molecule has 1 aliphatic heterocycles. The molecule has 0 fully saturated rings. The van der Waals surface area contributed by atoms with E-state index in [-0.39, 0.29) is 18.2 Å². The summed E-state index contributed by atoms with van der Waals surface area (Å²) in [5.41, 5.74) is 0.722. The zero-order valence-electron chi connectivity index (χ0n) is 13.6. The molecule has 1 amide bonds. The number of nitrogens with one attached hydrogen (secondary N) is 1. The van der Waals surface area contributed by atoms with E-state index in [0.717, 1.165) is 16.7 Å². The standard InChI is InChI=1S/C18H16FNO5S/c19-13-5-3-12(4-6-13)17(15-2-1-9-26-15)20-16(21)11-25-18(22)14-10-23-7-8-24-14/h1-6,9-10,17H,7-8,11H2,(H,20,21)/t17-/m0/s1. The van der Waals surface area contributed by atoms with Crippen LogP contribution in [0.1, 0.15) is 16.5 Å². The Bertz CT molecular complexity index is 788. The Morgan fingerprint density at radius 3 is 2.69 bits per heavy atom. The maximum absolute atomic E-state index is 13.2. The van der Waals surface area contributed by atoms with Crippen LogP contribution in [0.2, 0.25) is 0 Å². The highest BCUT2D eigenvalue weighted by Gasteiger charge is 2.21. The van der Waals surface area contributed by atoms with Crippen LogP contribution in [0.15, 0.2) is 53.8 Å². The van der Waals surface area contributed by atoms with E-state index in [1.54, 1.807) is 12.1 Å². The van der Waals surface area contributed by atoms with Crippen molar-refractivity contribution < 1.29 is 28.2 Å². The summed E-state index contributed by atoms with van der Waals surface area (Å²) in [5.74, 6) is -1.69. The predicted octanol–water partition coefficient (Wildman–Crippen LogP) is 2.52. The van der Waals surface area contributed by atoms with Crippen LogP contribution in [-0.4, -0.2) is 31.7 Å². The number of esters is 1. The normalized spacial score (nSPS) is 14.4. The number of amides is 1. The Balaban J connectivity index is 1.63. The molecule has 3 rings (SSSR count). The van der Waals surface area contributed by atoms with Gasteiger partial charge in [0.1, 0.15) is 25.3 Å². The van der Waals surface area contributed by atoms with E-state index in [9.17, 15) is 14.0 Å². The molecule has 6 nitrogen and oxygen atoms in total. The van der Waals surface area contributed by atoms with Gasteiger partial charge in [0.25, 0.3) is 5.91 Å². The summed E-state index contributed by atoms with van der Waals surface area (Å²) in [4.78, 5) is 24.9. The first-order chi connectivity index (χ1) is 12.6. The maximum atomic E-state index is 13.2. The lowest BCUT2D eigenvalue weighted by Gasteiger charge is -2.18. The van der Waals surface area contributed by atoms with Crippen LogP contribution in [0.5, 0.6) is 0 Å². The summed E-state index contributed by atoms with van der Waals surface area (Å²) in [7, 11) is 0. The third-order valence-corrected chi connectivity index (χ3v) is 4.46. The lowest BCUT2D eigenvalue weighted by atomic mass is 10.1. The fourth-order valence-corrected chi connectivity index (χ4v) is 3.11. The Labute approximate surface area is 153 Å². The van der Waals surface area contributed by atoms with Crippen molar-refractivity contribution in [2.45, 2.75) is 6.04 Å². The van der Waals surface area contributed by atoms with Gasteiger partial charge in [-0.3, -0.25) is 4.79 Å². The van der Waals surface area contributed by atoms with Crippen molar-refractivity contribution in [3.63, 3.8) is 0 Å². The molecule has 136 valence electrons. The molecular formula is C18H16FNO5S. The number of thiophene rings is 1. The monoisotopic (exact) mass is 377 g/mol. The lowest BCUT2D eigenvalue weighted by Crippen LogP contribution is -2.33. The molecule has 8 heteroatoms. The topological polar surface area (TPSA) is 73.9 Å². The average molecular weight is 377 g/mol. The second-order valence-electron chi connectivity index (χ2n) is 5.34. The maximum Gasteiger partial charge on any atom is 0.377 e. The molecule has 0 saturated carbocycles. The zero-order valence-corrected chi connectivity index (χ0v) is 14.5. The molecule has 1 aromatic carbocycles. The van der Waals surface area contributed by atoms with Gasteiger partial charge in [-0.2, -0.15) is 0 Å². The number of rotatable bonds is 6. The van der Waals surface area contributed by atoms with Gasteiger partial charge in [-0.05, 0) is 29.1 Å². The number of carbonyl (C=O) groups is 2. The fraction of sp³-hybridized carbons (Fsp3) is 0.222. The molecule has 0 bridgehead atoms. The summed E-state index contributed by atoms with van der Waals surface area (Å²) in [6, 6.07) is 9.12. The number of carbonyl (C=O) groups excluding carboxylic acids is 2. The summed E-state index contributed by atoms with van der Waals surface area (Å²) < 4.78 is 28.2. The van der Waals surface area contributed by atoms with Gasteiger partial charge in [-0.1, -0.05) is 18.2 Å². The van der Waals surface area contributed by atoms with Crippen molar-refractivity contribution in [2.24, 2.45) is 0 Å². The first-order valence-electron chi connectivity index (χ1n) is 7.83. The third-order valence-electron chi connectivity index (χ3n) is 3.52. The summed E-state index contributed by atoms with van der Waals surface area (Å²) in [5, 5.41) is 4.67. The van der Waals surface area contributed by atoms with E-state index < -0.39 is 24.5 Å². The molecule has 0 spiro atoms. The largest absolute Gasteiger partial charge is 0.493 e. The highest BCUT2D eigenvalue weighted by atomic mass is 32.1. The van der Waals surface area contributed by atoms with Crippen LogP contribution in [0.3, 0.4) is 0 Å². The van der Waals surface area contributed by atoms with E-state index >= 15 is 0 Å². The number of hydrogen-bond acceptors (Lipinski definition) is 6. The van der Waals surface area contributed by atoms with Crippen LogP contribution in [0, 0.1) is 5.82 Å². The Morgan fingerprint density at radius 2 is 2.04 bits per heavy atom. The first-order valence-corrected chi connectivity index (χ1v) is 8.71. The lowest BCUT2D eigenvalue weighted by molar-refractivity contribution is -0.149. The molecule has 2 heterocycles. The molecular weight excluding hydrogens is 361 g/mol. The van der Waals surface area contributed by atoms with E-state index in [1.165, 1.54) is 23.5 Å². The summed E-state index contributed by atoms with van der Waals surface area (Å²) in [6.07, 6.45) is 1.16. The smallest absolute Gasteiger partial charge is 0.377 e. The Hall–Kier alpha value is -2.87. The quantitative estimate of drug-likeness (QED) is 0.783. The number of hydrogen-bond donors (Lipinski definition) is 1. The molecule has 1 atom stereocenters. The van der Waals surface area contributed by atoms with Crippen LogP contribution in [-0.2, 0) is 23.8 Å². The molecule has 0 saturated heterocycles. The fourth-order valence-electron chi connectivity index (χ4n) is 2.31. The van der Waals surface area contributed by atoms with Gasteiger partial charge < -0.3 is 19.5 Å². The molecule has 26 heavy (non-hydrogen) atoms. The van der Waals surface area contributed by atoms with Crippen LogP contribution >= 0.6 is 11.3 Å². The zero-order chi connectivity index (χ0) is 18.4. The molecule has 0 unspecified atom stereocenters. The van der Waals surface area contributed by atoms with Crippen LogP contribution < -0.4 is 5.32 Å². The average Bonchev–Trinajstić information content (AvgIpc) is 3.20. The van der Waals surface area contributed by atoms with E-state index in [0.29, 0.717) is 6.61 Å². The van der Waals surface area contributed by atoms with Crippen molar-refractivity contribution in [1.82, 2.24) is 5.32 Å². The molecule has 2 aromatic rings. The minimum absolute atomic E-state index is 0.0719. The first kappa shape index (κ1) is 17.9. The second kappa shape index (κ2) is 8.48. The SMILES string of the molecule is O=C(COC(=O)C1=COCCO1)N[C@@H](c1ccc(F)cc1)c1cccs1.